The minimum absolute atomic E-state index is 0.00931. The Morgan fingerprint density at radius 3 is 2.43 bits per heavy atom. The quantitative estimate of drug-likeness (QED) is 0.199. The summed E-state index contributed by atoms with van der Waals surface area (Å²) in [5, 5.41) is 15.4. The number of carbonyl (C=O) groups is 1. The number of anilines is 1. The minimum Gasteiger partial charge on any atom is -0.483 e. The molecule has 1 saturated heterocycles. The molecular weight excluding hydrogens is 637 g/mol. The van der Waals surface area contributed by atoms with Crippen LogP contribution >= 0.6 is 11.3 Å². The number of hydrogen-bond acceptors (Lipinski definition) is 9. The van der Waals surface area contributed by atoms with Crippen molar-refractivity contribution in [1.29, 1.82) is 0 Å². The van der Waals surface area contributed by atoms with E-state index >= 15 is 0 Å². The van der Waals surface area contributed by atoms with Crippen LogP contribution in [0.3, 0.4) is 0 Å². The van der Waals surface area contributed by atoms with Crippen LogP contribution in [0, 0.1) is 19.8 Å². The van der Waals surface area contributed by atoms with Gasteiger partial charge in [-0.3, -0.25) is 4.79 Å². The lowest BCUT2D eigenvalue weighted by molar-refractivity contribution is -0.124. The fourth-order valence-corrected chi connectivity index (χ4v) is 8.45. The number of fused-ring (bicyclic) bond motifs is 1. The van der Waals surface area contributed by atoms with Crippen molar-refractivity contribution in [3.05, 3.63) is 83.4 Å². The van der Waals surface area contributed by atoms with E-state index in [0.717, 1.165) is 45.1 Å². The van der Waals surface area contributed by atoms with Gasteiger partial charge in [0.05, 0.1) is 40.5 Å². The first kappa shape index (κ1) is 34.8. The molecule has 2 N–H and O–H groups in total. The number of aliphatic hydroxyl groups is 1. The summed E-state index contributed by atoms with van der Waals surface area (Å²) < 4.78 is 41.7. The number of nitrogens with zero attached hydrogens (tertiary/aromatic N) is 3. The van der Waals surface area contributed by atoms with Crippen molar-refractivity contribution in [1.82, 2.24) is 14.6 Å². The van der Waals surface area contributed by atoms with Crippen LogP contribution in [-0.4, -0.2) is 86.9 Å². The van der Waals surface area contributed by atoms with E-state index in [-0.39, 0.29) is 30.5 Å². The molecule has 1 fully saturated rings. The number of ether oxygens (including phenoxy) is 2. The maximum absolute atomic E-state index is 14.1. The average Bonchev–Trinajstić information content (AvgIpc) is 3.48. The number of thiazole rings is 1. The molecule has 4 aromatic rings. The number of amides is 1. The Kier molecular flexibility index (Phi) is 11.5. The molecule has 3 aromatic carbocycles. The van der Waals surface area contributed by atoms with Gasteiger partial charge in [-0.05, 0) is 61.1 Å². The Bertz CT molecular complexity index is 1740. The van der Waals surface area contributed by atoms with E-state index in [1.54, 1.807) is 18.2 Å². The summed E-state index contributed by atoms with van der Waals surface area (Å²) in [6.07, 6.45) is -0.892. The Morgan fingerprint density at radius 1 is 1.04 bits per heavy atom. The van der Waals surface area contributed by atoms with Crippen molar-refractivity contribution in [3.8, 4) is 5.75 Å². The van der Waals surface area contributed by atoms with Crippen LogP contribution in [0.1, 0.15) is 30.5 Å². The van der Waals surface area contributed by atoms with Gasteiger partial charge in [0.2, 0.25) is 10.0 Å². The number of aliphatic hydroxyl groups excluding tert-OH is 1. The number of aryl methyl sites for hydroxylation is 2. The second-order valence-electron chi connectivity index (χ2n) is 12.4. The van der Waals surface area contributed by atoms with E-state index in [9.17, 15) is 18.3 Å². The van der Waals surface area contributed by atoms with E-state index in [2.05, 4.69) is 10.2 Å². The molecule has 1 aliphatic heterocycles. The van der Waals surface area contributed by atoms with Gasteiger partial charge in [0.1, 0.15) is 5.75 Å². The second kappa shape index (κ2) is 15.6. The van der Waals surface area contributed by atoms with E-state index in [4.69, 9.17) is 14.5 Å². The van der Waals surface area contributed by atoms with Gasteiger partial charge in [-0.25, -0.2) is 13.4 Å². The molecule has 252 valence electrons. The maximum Gasteiger partial charge on any atom is 0.258 e. The zero-order valence-corrected chi connectivity index (χ0v) is 29.0. The lowest BCUT2D eigenvalue weighted by atomic mass is 10.0. The number of aromatic nitrogens is 1. The minimum atomic E-state index is -4.01. The Labute approximate surface area is 281 Å². The molecule has 1 aromatic heterocycles. The van der Waals surface area contributed by atoms with Gasteiger partial charge in [-0.2, -0.15) is 4.31 Å². The van der Waals surface area contributed by atoms with Gasteiger partial charge < -0.3 is 24.8 Å². The van der Waals surface area contributed by atoms with Crippen LogP contribution < -0.4 is 15.0 Å². The molecule has 0 radical (unpaired) electrons. The first-order chi connectivity index (χ1) is 22.5. The summed E-state index contributed by atoms with van der Waals surface area (Å²) in [5.41, 5.74) is 3.47. The first-order valence-electron chi connectivity index (χ1n) is 15.9. The standard InChI is InChI=1S/C35H44N4O6S2/c1-24(2)21-39(47(42,43)28-13-14-29-32(20-28)46-35(37-29)38-15-17-44-18-16-38)22-31(40)30(19-27-11-6-5-7-12-27)36-33(41)23-45-34-25(3)9-8-10-26(34)4/h5-14,20,24,30-31,40H,15-19,21-23H2,1-4H3,(H,36,41)/t30-,31+/m0/s1. The SMILES string of the molecule is Cc1cccc(C)c1OCC(=O)N[C@@H](Cc1ccccc1)[C@H](O)CN(CC(C)C)S(=O)(=O)c1ccc2nc(N3CCOCC3)sc2c1. The highest BCUT2D eigenvalue weighted by Gasteiger charge is 2.32. The average molecular weight is 681 g/mol. The molecular formula is C35H44N4O6S2. The van der Waals surface area contributed by atoms with Crippen molar-refractivity contribution in [2.75, 3.05) is 50.9 Å². The summed E-state index contributed by atoms with van der Waals surface area (Å²) in [4.78, 5) is 20.2. The number of benzene rings is 3. The van der Waals surface area contributed by atoms with Crippen LogP contribution in [0.15, 0.2) is 71.6 Å². The molecule has 47 heavy (non-hydrogen) atoms. The van der Waals surface area contributed by atoms with Crippen LogP contribution in [0.4, 0.5) is 5.13 Å². The number of para-hydroxylation sites is 1. The van der Waals surface area contributed by atoms with Crippen molar-refractivity contribution >= 4 is 42.6 Å². The molecule has 5 rings (SSSR count). The molecule has 1 amide bonds. The normalized spacial score (nSPS) is 15.3. The third-order valence-electron chi connectivity index (χ3n) is 8.09. The van der Waals surface area contributed by atoms with E-state index < -0.39 is 28.1 Å². The predicted octanol–water partition coefficient (Wildman–Crippen LogP) is 4.56. The highest BCUT2D eigenvalue weighted by atomic mass is 32.2. The molecule has 2 heterocycles. The number of sulfonamides is 1. The maximum atomic E-state index is 14.1. The fraction of sp³-hybridized carbons (Fsp3) is 0.429. The monoisotopic (exact) mass is 680 g/mol. The van der Waals surface area contributed by atoms with Gasteiger partial charge in [0.15, 0.2) is 11.7 Å². The number of rotatable bonds is 14. The highest BCUT2D eigenvalue weighted by Crippen LogP contribution is 2.32. The second-order valence-corrected chi connectivity index (χ2v) is 15.3. The Balaban J connectivity index is 1.35. The summed E-state index contributed by atoms with van der Waals surface area (Å²) in [7, 11) is -4.01. The Morgan fingerprint density at radius 2 is 1.74 bits per heavy atom. The van der Waals surface area contributed by atoms with Crippen LogP contribution in [0.5, 0.6) is 5.75 Å². The van der Waals surface area contributed by atoms with Crippen molar-refractivity contribution < 1.29 is 27.8 Å². The van der Waals surface area contributed by atoms with Crippen molar-refractivity contribution in [2.24, 2.45) is 5.92 Å². The number of carbonyl (C=O) groups excluding carboxylic acids is 1. The molecule has 12 heteroatoms. The lowest BCUT2D eigenvalue weighted by Crippen LogP contribution is -2.52. The van der Waals surface area contributed by atoms with Crippen LogP contribution in [0.25, 0.3) is 10.2 Å². The van der Waals surface area contributed by atoms with Gasteiger partial charge in [0.25, 0.3) is 5.91 Å². The van der Waals surface area contributed by atoms with E-state index in [1.165, 1.54) is 15.6 Å². The molecule has 0 bridgehead atoms. The summed E-state index contributed by atoms with van der Waals surface area (Å²) in [6, 6.07) is 19.5. The van der Waals surface area contributed by atoms with Crippen LogP contribution in [-0.2, 0) is 26.0 Å². The number of nitrogens with one attached hydrogen (secondary N) is 1. The lowest BCUT2D eigenvalue weighted by Gasteiger charge is -2.30. The zero-order valence-electron chi connectivity index (χ0n) is 27.4. The topological polar surface area (TPSA) is 121 Å². The fourth-order valence-electron chi connectivity index (χ4n) is 5.67. The summed E-state index contributed by atoms with van der Waals surface area (Å²) in [5.74, 6) is 0.231. The largest absolute Gasteiger partial charge is 0.483 e. The van der Waals surface area contributed by atoms with Crippen molar-refractivity contribution in [3.63, 3.8) is 0 Å². The molecule has 10 nitrogen and oxygen atoms in total. The molecule has 0 aliphatic carbocycles. The smallest absolute Gasteiger partial charge is 0.258 e. The predicted molar refractivity (Wildman–Crippen MR) is 186 cm³/mol. The third kappa shape index (κ3) is 8.88. The third-order valence-corrected chi connectivity index (χ3v) is 11.0. The van der Waals surface area contributed by atoms with E-state index in [0.29, 0.717) is 25.4 Å². The van der Waals surface area contributed by atoms with Crippen molar-refractivity contribution in [2.45, 2.75) is 51.2 Å². The highest BCUT2D eigenvalue weighted by molar-refractivity contribution is 7.89. The van der Waals surface area contributed by atoms with Gasteiger partial charge in [-0.1, -0.05) is 73.7 Å². The molecule has 2 atom stereocenters. The molecule has 0 spiro atoms. The van der Waals surface area contributed by atoms with E-state index in [1.807, 2.05) is 76.2 Å². The van der Waals surface area contributed by atoms with Gasteiger partial charge in [-0.15, -0.1) is 0 Å². The Hall–Kier alpha value is -3.55. The van der Waals surface area contributed by atoms with Crippen LogP contribution in [0.2, 0.25) is 0 Å². The number of hydrogen-bond donors (Lipinski definition) is 2. The summed E-state index contributed by atoms with van der Waals surface area (Å²) in [6.45, 7) is 10.2. The summed E-state index contributed by atoms with van der Waals surface area (Å²) >= 11 is 1.46. The zero-order chi connectivity index (χ0) is 33.6. The molecule has 1 aliphatic rings. The number of morpholine rings is 1. The molecule has 0 unspecified atom stereocenters. The van der Waals surface area contributed by atoms with Gasteiger partial charge in [0, 0.05) is 26.2 Å². The molecule has 0 saturated carbocycles. The first-order valence-corrected chi connectivity index (χ1v) is 18.2. The van der Waals surface area contributed by atoms with Gasteiger partial charge >= 0.3 is 0 Å².